The van der Waals surface area contributed by atoms with Gasteiger partial charge in [-0.1, -0.05) is 19.8 Å². The van der Waals surface area contributed by atoms with Crippen molar-refractivity contribution in [3.8, 4) is 0 Å². The smallest absolute Gasteiger partial charge is 0.121 e. The summed E-state index contributed by atoms with van der Waals surface area (Å²) in [6, 6.07) is 0.415. The molecule has 0 spiro atoms. The third kappa shape index (κ3) is 8.30. The normalized spacial score (nSPS) is 21.2. The van der Waals surface area contributed by atoms with Crippen LogP contribution in [0.1, 0.15) is 39.0 Å². The van der Waals surface area contributed by atoms with Crippen molar-refractivity contribution in [3.05, 3.63) is 0 Å². The molecule has 102 valence electrons. The minimum absolute atomic E-state index is 0.415. The Labute approximate surface area is 105 Å². The molecule has 1 fully saturated rings. The maximum Gasteiger partial charge on any atom is 0.121 e. The maximum atomic E-state index is 10.4. The lowest BCUT2D eigenvalue weighted by Crippen LogP contribution is -2.31. The van der Waals surface area contributed by atoms with Crippen molar-refractivity contribution in [2.45, 2.75) is 45.1 Å². The van der Waals surface area contributed by atoms with Crippen LogP contribution in [-0.2, 0) is 4.79 Å². The standard InChI is InChI=1S/C12H24N2O.CH4O/c1-2-3-4-8-14-9-5-12(6-11-15)13-7-10-14;1-2/h11-13H,2-10H2,1H3;2H,1H3. The lowest BCUT2D eigenvalue weighted by molar-refractivity contribution is -0.108. The molecule has 4 nitrogen and oxygen atoms in total. The van der Waals surface area contributed by atoms with E-state index in [-0.39, 0.29) is 0 Å². The highest BCUT2D eigenvalue weighted by atomic mass is 16.2. The van der Waals surface area contributed by atoms with E-state index in [1.54, 1.807) is 0 Å². The summed E-state index contributed by atoms with van der Waals surface area (Å²) >= 11 is 0. The number of nitrogens with zero attached hydrogens (tertiary/aromatic N) is 1. The van der Waals surface area contributed by atoms with E-state index in [0.717, 1.165) is 39.5 Å². The van der Waals surface area contributed by atoms with Crippen molar-refractivity contribution in [2.24, 2.45) is 0 Å². The van der Waals surface area contributed by atoms with E-state index >= 15 is 0 Å². The number of carbonyl (C=O) groups is 1. The predicted octanol–water partition coefficient (Wildman–Crippen LogP) is 1.04. The van der Waals surface area contributed by atoms with Crippen molar-refractivity contribution >= 4 is 6.29 Å². The van der Waals surface area contributed by atoms with Gasteiger partial charge in [-0.15, -0.1) is 0 Å². The quantitative estimate of drug-likeness (QED) is 0.541. The highest BCUT2D eigenvalue weighted by Crippen LogP contribution is 2.05. The van der Waals surface area contributed by atoms with Crippen LogP contribution >= 0.6 is 0 Å². The van der Waals surface area contributed by atoms with Crippen LogP contribution in [0.15, 0.2) is 0 Å². The van der Waals surface area contributed by atoms with Gasteiger partial charge >= 0.3 is 0 Å². The minimum atomic E-state index is 0.415. The Balaban J connectivity index is 0.00000121. The van der Waals surface area contributed by atoms with Crippen molar-refractivity contribution in [1.29, 1.82) is 0 Å². The van der Waals surface area contributed by atoms with Crippen molar-refractivity contribution < 1.29 is 9.90 Å². The van der Waals surface area contributed by atoms with E-state index in [0.29, 0.717) is 12.5 Å². The van der Waals surface area contributed by atoms with E-state index in [2.05, 4.69) is 17.1 Å². The first-order chi connectivity index (χ1) is 8.36. The van der Waals surface area contributed by atoms with Gasteiger partial charge < -0.3 is 20.1 Å². The van der Waals surface area contributed by atoms with E-state index in [4.69, 9.17) is 5.11 Å². The fourth-order valence-electron chi connectivity index (χ4n) is 2.11. The number of hydrogen-bond donors (Lipinski definition) is 2. The first kappa shape index (κ1) is 16.6. The van der Waals surface area contributed by atoms with Gasteiger partial charge in [0.25, 0.3) is 0 Å². The number of rotatable bonds is 6. The summed E-state index contributed by atoms with van der Waals surface area (Å²) in [5.41, 5.74) is 0. The Morgan fingerprint density at radius 2 is 2.12 bits per heavy atom. The second-order valence-electron chi connectivity index (χ2n) is 4.39. The Hall–Kier alpha value is -0.450. The van der Waals surface area contributed by atoms with Gasteiger partial charge in [-0.05, 0) is 25.9 Å². The lowest BCUT2D eigenvalue weighted by atomic mass is 10.1. The molecule has 1 heterocycles. The second kappa shape index (κ2) is 12.0. The SMILES string of the molecule is CCCCCN1CCNC(CC=O)CC1.CO. The molecule has 0 aromatic carbocycles. The summed E-state index contributed by atoms with van der Waals surface area (Å²) in [5.74, 6) is 0. The summed E-state index contributed by atoms with van der Waals surface area (Å²) in [6.07, 6.45) is 6.76. The predicted molar refractivity (Wildman–Crippen MR) is 71.2 cm³/mol. The molecule has 0 bridgehead atoms. The van der Waals surface area contributed by atoms with Crippen LogP contribution in [0.5, 0.6) is 0 Å². The molecule has 1 saturated heterocycles. The van der Waals surface area contributed by atoms with Gasteiger partial charge in [0.2, 0.25) is 0 Å². The average Bonchev–Trinajstić information content (AvgIpc) is 2.59. The molecule has 17 heavy (non-hydrogen) atoms. The topological polar surface area (TPSA) is 52.6 Å². The molecule has 0 saturated carbocycles. The number of carbonyl (C=O) groups excluding carboxylic acids is 1. The van der Waals surface area contributed by atoms with Crippen LogP contribution in [0.25, 0.3) is 0 Å². The van der Waals surface area contributed by atoms with Gasteiger partial charge in [0.15, 0.2) is 0 Å². The summed E-state index contributed by atoms with van der Waals surface area (Å²) in [6.45, 7) is 6.78. The molecule has 1 atom stereocenters. The zero-order valence-corrected chi connectivity index (χ0v) is 11.3. The van der Waals surface area contributed by atoms with Gasteiger partial charge in [-0.2, -0.15) is 0 Å². The molecule has 1 aliphatic rings. The zero-order chi connectivity index (χ0) is 12.9. The van der Waals surface area contributed by atoms with E-state index in [9.17, 15) is 4.79 Å². The van der Waals surface area contributed by atoms with Crippen LogP contribution < -0.4 is 5.32 Å². The molecule has 0 aromatic rings. The summed E-state index contributed by atoms with van der Waals surface area (Å²) in [7, 11) is 1.00. The van der Waals surface area contributed by atoms with Crippen molar-refractivity contribution in [2.75, 3.05) is 33.3 Å². The van der Waals surface area contributed by atoms with Crippen LogP contribution in [0.2, 0.25) is 0 Å². The highest BCUT2D eigenvalue weighted by Gasteiger charge is 2.15. The lowest BCUT2D eigenvalue weighted by Gasteiger charge is -2.19. The van der Waals surface area contributed by atoms with Crippen LogP contribution in [-0.4, -0.2) is 55.6 Å². The average molecular weight is 244 g/mol. The first-order valence-electron chi connectivity index (χ1n) is 6.71. The Morgan fingerprint density at radius 3 is 2.76 bits per heavy atom. The van der Waals surface area contributed by atoms with Crippen molar-refractivity contribution in [1.82, 2.24) is 10.2 Å². The molecule has 0 aromatic heterocycles. The number of aliphatic hydroxyl groups is 1. The molecule has 2 N–H and O–H groups in total. The first-order valence-corrected chi connectivity index (χ1v) is 6.71. The van der Waals surface area contributed by atoms with E-state index in [1.165, 1.54) is 25.8 Å². The van der Waals surface area contributed by atoms with E-state index < -0.39 is 0 Å². The van der Waals surface area contributed by atoms with Crippen LogP contribution in [0, 0.1) is 0 Å². The number of hydrogen-bond acceptors (Lipinski definition) is 4. The van der Waals surface area contributed by atoms with Crippen LogP contribution in [0.3, 0.4) is 0 Å². The van der Waals surface area contributed by atoms with Crippen LogP contribution in [0.4, 0.5) is 0 Å². The molecule has 0 amide bonds. The van der Waals surface area contributed by atoms with Crippen molar-refractivity contribution in [3.63, 3.8) is 0 Å². The molecular formula is C13H28N2O2. The number of aldehydes is 1. The fraction of sp³-hybridized carbons (Fsp3) is 0.923. The summed E-state index contributed by atoms with van der Waals surface area (Å²) < 4.78 is 0. The molecule has 1 rings (SSSR count). The molecule has 0 radical (unpaired) electrons. The number of unbranched alkanes of at least 4 members (excludes halogenated alkanes) is 2. The van der Waals surface area contributed by atoms with Gasteiger partial charge in [0.1, 0.15) is 6.29 Å². The Bertz CT molecular complexity index is 177. The maximum absolute atomic E-state index is 10.4. The third-order valence-corrected chi connectivity index (χ3v) is 3.11. The van der Waals surface area contributed by atoms with E-state index in [1.807, 2.05) is 0 Å². The van der Waals surface area contributed by atoms with Gasteiger partial charge in [-0.25, -0.2) is 0 Å². The summed E-state index contributed by atoms with van der Waals surface area (Å²) in [4.78, 5) is 12.9. The molecule has 4 heteroatoms. The molecule has 1 unspecified atom stereocenters. The fourth-order valence-corrected chi connectivity index (χ4v) is 2.11. The Morgan fingerprint density at radius 1 is 1.35 bits per heavy atom. The Kier molecular flexibility index (Phi) is 11.7. The monoisotopic (exact) mass is 244 g/mol. The highest BCUT2D eigenvalue weighted by molar-refractivity contribution is 5.50. The largest absolute Gasteiger partial charge is 0.400 e. The van der Waals surface area contributed by atoms with Gasteiger partial charge in [-0.3, -0.25) is 0 Å². The van der Waals surface area contributed by atoms with Gasteiger partial charge in [0, 0.05) is 32.7 Å². The number of aliphatic hydroxyl groups excluding tert-OH is 1. The minimum Gasteiger partial charge on any atom is -0.400 e. The zero-order valence-electron chi connectivity index (χ0n) is 11.3. The molecular weight excluding hydrogens is 216 g/mol. The number of nitrogens with one attached hydrogen (secondary N) is 1. The molecule has 1 aliphatic heterocycles. The van der Waals surface area contributed by atoms with Gasteiger partial charge in [0.05, 0.1) is 0 Å². The second-order valence-corrected chi connectivity index (χ2v) is 4.39. The molecule has 0 aliphatic carbocycles. The summed E-state index contributed by atoms with van der Waals surface area (Å²) in [5, 5.41) is 10.4. The third-order valence-electron chi connectivity index (χ3n) is 3.11.